The van der Waals surface area contributed by atoms with E-state index in [0.29, 0.717) is 11.7 Å². The quantitative estimate of drug-likeness (QED) is 0.826. The van der Waals surface area contributed by atoms with Crippen LogP contribution >= 0.6 is 0 Å². The van der Waals surface area contributed by atoms with Crippen molar-refractivity contribution in [2.45, 2.75) is 38.0 Å². The minimum atomic E-state index is -1.35. The third-order valence-corrected chi connectivity index (χ3v) is 4.23. The third kappa shape index (κ3) is 3.67. The number of benzene rings is 1. The van der Waals surface area contributed by atoms with Crippen molar-refractivity contribution in [2.24, 2.45) is 0 Å². The van der Waals surface area contributed by atoms with Gasteiger partial charge in [0.2, 0.25) is 11.8 Å². The number of halogens is 1. The Balaban J connectivity index is 1.70. The minimum Gasteiger partial charge on any atom is -0.478 e. The predicted octanol–water partition coefficient (Wildman–Crippen LogP) is 4.76. The van der Waals surface area contributed by atoms with E-state index in [1.54, 1.807) is 0 Å². The standard InChI is InChI=1S/C18H18FNO3/c19-17-15(18(21)22)10-11-16(20-17)23-14-8-6-13(7-9-14)12-4-2-1-3-5-12/h6-12H,1-5H2,(H,21,22). The monoisotopic (exact) mass is 315 g/mol. The molecule has 0 bridgehead atoms. The Labute approximate surface area is 133 Å². The summed E-state index contributed by atoms with van der Waals surface area (Å²) in [6.07, 6.45) is 6.33. The molecule has 3 rings (SSSR count). The van der Waals surface area contributed by atoms with Gasteiger partial charge in [0.15, 0.2) is 0 Å². The fraction of sp³-hybridized carbons (Fsp3) is 0.333. The fourth-order valence-corrected chi connectivity index (χ4v) is 3.00. The number of hydrogen-bond donors (Lipinski definition) is 1. The molecule has 0 saturated heterocycles. The Hall–Kier alpha value is -2.43. The van der Waals surface area contributed by atoms with Crippen LogP contribution in [0.25, 0.3) is 0 Å². The second kappa shape index (κ2) is 6.77. The molecule has 0 unspecified atom stereocenters. The zero-order chi connectivity index (χ0) is 16.2. The maximum atomic E-state index is 13.5. The predicted molar refractivity (Wildman–Crippen MR) is 83.5 cm³/mol. The number of carboxylic acid groups (broad SMARTS) is 1. The first-order valence-corrected chi connectivity index (χ1v) is 7.81. The Kier molecular flexibility index (Phi) is 4.55. The molecule has 23 heavy (non-hydrogen) atoms. The number of rotatable bonds is 4. The number of nitrogens with zero attached hydrogens (tertiary/aromatic N) is 1. The molecule has 5 heteroatoms. The molecule has 1 aliphatic carbocycles. The van der Waals surface area contributed by atoms with Gasteiger partial charge in [-0.05, 0) is 42.5 Å². The second-order valence-corrected chi connectivity index (χ2v) is 5.80. The summed E-state index contributed by atoms with van der Waals surface area (Å²) in [4.78, 5) is 14.3. The Bertz CT molecular complexity index is 694. The van der Waals surface area contributed by atoms with Crippen molar-refractivity contribution in [3.05, 3.63) is 53.5 Å². The van der Waals surface area contributed by atoms with E-state index in [-0.39, 0.29) is 5.88 Å². The number of aromatic nitrogens is 1. The van der Waals surface area contributed by atoms with Gasteiger partial charge in [0, 0.05) is 6.07 Å². The summed E-state index contributed by atoms with van der Waals surface area (Å²) in [5, 5.41) is 8.78. The highest BCUT2D eigenvalue weighted by atomic mass is 19.1. The van der Waals surface area contributed by atoms with Crippen molar-refractivity contribution >= 4 is 5.97 Å². The molecule has 1 heterocycles. The Morgan fingerprint density at radius 2 is 1.78 bits per heavy atom. The normalized spacial score (nSPS) is 15.3. The maximum absolute atomic E-state index is 13.5. The third-order valence-electron chi connectivity index (χ3n) is 4.23. The van der Waals surface area contributed by atoms with Crippen molar-refractivity contribution in [3.8, 4) is 11.6 Å². The first-order valence-electron chi connectivity index (χ1n) is 7.81. The van der Waals surface area contributed by atoms with E-state index in [1.165, 1.54) is 43.7 Å². The van der Waals surface area contributed by atoms with Crippen LogP contribution in [-0.2, 0) is 0 Å². The molecule has 1 fully saturated rings. The van der Waals surface area contributed by atoms with Crippen LogP contribution in [0.1, 0.15) is 53.9 Å². The maximum Gasteiger partial charge on any atom is 0.340 e. The topological polar surface area (TPSA) is 59.4 Å². The average Bonchev–Trinajstić information content (AvgIpc) is 2.56. The van der Waals surface area contributed by atoms with Gasteiger partial charge in [0.1, 0.15) is 11.3 Å². The number of ether oxygens (including phenoxy) is 1. The lowest BCUT2D eigenvalue weighted by molar-refractivity contribution is 0.0690. The van der Waals surface area contributed by atoms with E-state index in [4.69, 9.17) is 9.84 Å². The van der Waals surface area contributed by atoms with Crippen LogP contribution in [0.15, 0.2) is 36.4 Å². The van der Waals surface area contributed by atoms with Crippen LogP contribution in [0, 0.1) is 5.95 Å². The summed E-state index contributed by atoms with van der Waals surface area (Å²) >= 11 is 0. The first kappa shape index (κ1) is 15.5. The van der Waals surface area contributed by atoms with Crippen molar-refractivity contribution in [2.75, 3.05) is 0 Å². The highest BCUT2D eigenvalue weighted by molar-refractivity contribution is 5.87. The van der Waals surface area contributed by atoms with E-state index < -0.39 is 17.5 Å². The van der Waals surface area contributed by atoms with Gasteiger partial charge in [-0.15, -0.1) is 0 Å². The molecule has 0 aliphatic heterocycles. The van der Waals surface area contributed by atoms with Crippen LogP contribution < -0.4 is 4.74 Å². The van der Waals surface area contributed by atoms with Gasteiger partial charge < -0.3 is 9.84 Å². The number of hydrogen-bond acceptors (Lipinski definition) is 3. The molecule has 1 saturated carbocycles. The van der Waals surface area contributed by atoms with E-state index in [2.05, 4.69) is 4.98 Å². The van der Waals surface area contributed by atoms with Crippen LogP contribution in [0.4, 0.5) is 4.39 Å². The van der Waals surface area contributed by atoms with E-state index in [1.807, 2.05) is 24.3 Å². The van der Waals surface area contributed by atoms with Gasteiger partial charge in [-0.3, -0.25) is 0 Å². The summed E-state index contributed by atoms with van der Waals surface area (Å²) in [5.74, 6) is -1.19. The highest BCUT2D eigenvalue weighted by Gasteiger charge is 2.16. The summed E-state index contributed by atoms with van der Waals surface area (Å²) < 4.78 is 19.0. The first-order chi connectivity index (χ1) is 11.1. The SMILES string of the molecule is O=C(O)c1ccc(Oc2ccc(C3CCCCC3)cc2)nc1F. The van der Waals surface area contributed by atoms with Gasteiger partial charge in [-0.25, -0.2) is 4.79 Å². The number of pyridine rings is 1. The minimum absolute atomic E-state index is 0.0397. The van der Waals surface area contributed by atoms with E-state index in [9.17, 15) is 9.18 Å². The molecule has 1 aromatic carbocycles. The summed E-state index contributed by atoms with van der Waals surface area (Å²) in [6.45, 7) is 0. The molecule has 2 aromatic rings. The molecule has 0 atom stereocenters. The van der Waals surface area contributed by atoms with Crippen molar-refractivity contribution in [1.29, 1.82) is 0 Å². The molecule has 1 N–H and O–H groups in total. The van der Waals surface area contributed by atoms with Crippen molar-refractivity contribution in [1.82, 2.24) is 4.98 Å². The summed E-state index contributed by atoms with van der Waals surface area (Å²) in [7, 11) is 0. The Morgan fingerprint density at radius 3 is 2.39 bits per heavy atom. The van der Waals surface area contributed by atoms with E-state index in [0.717, 1.165) is 6.07 Å². The molecule has 1 aromatic heterocycles. The molecule has 0 amide bonds. The van der Waals surface area contributed by atoms with Gasteiger partial charge in [-0.1, -0.05) is 31.4 Å². The highest BCUT2D eigenvalue weighted by Crippen LogP contribution is 2.33. The largest absolute Gasteiger partial charge is 0.478 e. The van der Waals surface area contributed by atoms with Crippen LogP contribution in [0.5, 0.6) is 11.6 Å². The van der Waals surface area contributed by atoms with Gasteiger partial charge in [-0.2, -0.15) is 9.37 Å². The van der Waals surface area contributed by atoms with Crippen LogP contribution in [0.2, 0.25) is 0 Å². The molecule has 0 spiro atoms. The van der Waals surface area contributed by atoms with Gasteiger partial charge in [0.25, 0.3) is 0 Å². The van der Waals surface area contributed by atoms with Crippen molar-refractivity contribution < 1.29 is 19.0 Å². The molecule has 4 nitrogen and oxygen atoms in total. The van der Waals surface area contributed by atoms with Gasteiger partial charge in [0.05, 0.1) is 0 Å². The van der Waals surface area contributed by atoms with Crippen LogP contribution in [0.3, 0.4) is 0 Å². The summed E-state index contributed by atoms with van der Waals surface area (Å²) in [5.41, 5.74) is 0.836. The number of carboxylic acids is 1. The van der Waals surface area contributed by atoms with Crippen LogP contribution in [-0.4, -0.2) is 16.1 Å². The van der Waals surface area contributed by atoms with Gasteiger partial charge >= 0.3 is 5.97 Å². The Morgan fingerprint density at radius 1 is 1.09 bits per heavy atom. The molecule has 1 aliphatic rings. The second-order valence-electron chi connectivity index (χ2n) is 5.80. The lowest BCUT2D eigenvalue weighted by Gasteiger charge is -2.22. The zero-order valence-corrected chi connectivity index (χ0v) is 12.7. The molecule has 0 radical (unpaired) electrons. The summed E-state index contributed by atoms with van der Waals surface area (Å²) in [6, 6.07) is 10.3. The van der Waals surface area contributed by atoms with Crippen molar-refractivity contribution in [3.63, 3.8) is 0 Å². The molecular formula is C18H18FNO3. The van der Waals surface area contributed by atoms with E-state index >= 15 is 0 Å². The smallest absolute Gasteiger partial charge is 0.340 e. The lowest BCUT2D eigenvalue weighted by Crippen LogP contribution is -2.04. The number of carbonyl (C=O) groups is 1. The average molecular weight is 315 g/mol. The fourth-order valence-electron chi connectivity index (χ4n) is 3.00. The number of aromatic carboxylic acids is 1. The molecule has 120 valence electrons. The molecular weight excluding hydrogens is 297 g/mol. The zero-order valence-electron chi connectivity index (χ0n) is 12.7. The lowest BCUT2D eigenvalue weighted by atomic mass is 9.84.